The predicted octanol–water partition coefficient (Wildman–Crippen LogP) is 3.68. The summed E-state index contributed by atoms with van der Waals surface area (Å²) >= 11 is 3.29. The van der Waals surface area contributed by atoms with Crippen molar-refractivity contribution in [3.63, 3.8) is 0 Å². The smallest absolute Gasteiger partial charge is 0.144 e. The average molecular weight is 316 g/mol. The van der Waals surface area contributed by atoms with Crippen LogP contribution in [0.1, 0.15) is 36.8 Å². The Kier molecular flexibility index (Phi) is 3.97. The Morgan fingerprint density at radius 1 is 1.44 bits per heavy atom. The second-order valence-electron chi connectivity index (χ2n) is 5.09. The zero-order valence-corrected chi connectivity index (χ0v) is 12.4. The fourth-order valence-electron chi connectivity index (χ4n) is 3.08. The minimum Gasteiger partial charge on any atom is -0.496 e. The molecule has 2 N–H and O–H groups in total. The summed E-state index contributed by atoms with van der Waals surface area (Å²) in [6.45, 7) is 2.40. The van der Waals surface area contributed by atoms with Crippen LogP contribution in [-0.4, -0.2) is 13.7 Å². The van der Waals surface area contributed by atoms with Crippen molar-refractivity contribution in [1.82, 2.24) is 0 Å². The molecule has 18 heavy (non-hydrogen) atoms. The quantitative estimate of drug-likeness (QED) is 0.923. The molecule has 0 heterocycles. The van der Waals surface area contributed by atoms with Crippen LogP contribution in [0, 0.1) is 12.7 Å². The molecular weight excluding hydrogens is 297 g/mol. The molecule has 0 saturated heterocycles. The molecule has 1 aliphatic carbocycles. The summed E-state index contributed by atoms with van der Waals surface area (Å²) in [6.07, 6.45) is 4.08. The summed E-state index contributed by atoms with van der Waals surface area (Å²) in [4.78, 5) is 0. The summed E-state index contributed by atoms with van der Waals surface area (Å²) < 4.78 is 20.5. The zero-order valence-electron chi connectivity index (χ0n) is 10.9. The predicted molar refractivity (Wildman–Crippen MR) is 74.6 cm³/mol. The topological polar surface area (TPSA) is 35.2 Å². The van der Waals surface area contributed by atoms with Crippen molar-refractivity contribution in [2.24, 2.45) is 5.73 Å². The van der Waals surface area contributed by atoms with Crippen LogP contribution in [0.5, 0.6) is 5.75 Å². The van der Waals surface area contributed by atoms with Crippen molar-refractivity contribution in [2.75, 3.05) is 13.7 Å². The van der Waals surface area contributed by atoms with Crippen molar-refractivity contribution in [3.8, 4) is 5.75 Å². The molecule has 0 atom stereocenters. The van der Waals surface area contributed by atoms with Gasteiger partial charge in [0.15, 0.2) is 0 Å². The van der Waals surface area contributed by atoms with Crippen LogP contribution < -0.4 is 10.5 Å². The Bertz CT molecular complexity index is 456. The first kappa shape index (κ1) is 13.8. The van der Waals surface area contributed by atoms with Gasteiger partial charge in [0, 0.05) is 17.5 Å². The van der Waals surface area contributed by atoms with Gasteiger partial charge in [-0.15, -0.1) is 0 Å². The van der Waals surface area contributed by atoms with Crippen molar-refractivity contribution < 1.29 is 9.13 Å². The second kappa shape index (κ2) is 5.17. The molecule has 2 nitrogen and oxygen atoms in total. The number of ether oxygens (including phenoxy) is 1. The van der Waals surface area contributed by atoms with Crippen LogP contribution >= 0.6 is 15.9 Å². The lowest BCUT2D eigenvalue weighted by Gasteiger charge is -2.31. The van der Waals surface area contributed by atoms with E-state index in [0.717, 1.165) is 31.2 Å². The highest BCUT2D eigenvalue weighted by Gasteiger charge is 2.40. The van der Waals surface area contributed by atoms with Crippen LogP contribution in [0.3, 0.4) is 0 Å². The van der Waals surface area contributed by atoms with E-state index >= 15 is 0 Å². The molecule has 0 aliphatic heterocycles. The molecule has 1 aromatic rings. The van der Waals surface area contributed by atoms with E-state index in [1.165, 1.54) is 0 Å². The molecule has 1 aromatic carbocycles. The Hall–Kier alpha value is -0.610. The third-order valence-corrected chi connectivity index (χ3v) is 4.62. The highest BCUT2D eigenvalue weighted by molar-refractivity contribution is 9.10. The molecule has 100 valence electrons. The van der Waals surface area contributed by atoms with Gasteiger partial charge in [0.05, 0.1) is 11.6 Å². The summed E-state index contributed by atoms with van der Waals surface area (Å²) in [5.74, 6) is 0.438. The van der Waals surface area contributed by atoms with E-state index in [1.807, 2.05) is 6.92 Å². The minimum atomic E-state index is -0.260. The van der Waals surface area contributed by atoms with E-state index in [9.17, 15) is 4.39 Å². The molecule has 0 spiro atoms. The van der Waals surface area contributed by atoms with Gasteiger partial charge >= 0.3 is 0 Å². The third kappa shape index (κ3) is 2.05. The first-order valence-electron chi connectivity index (χ1n) is 6.29. The van der Waals surface area contributed by atoms with E-state index in [2.05, 4.69) is 15.9 Å². The van der Waals surface area contributed by atoms with Gasteiger partial charge in [-0.3, -0.25) is 0 Å². The van der Waals surface area contributed by atoms with E-state index < -0.39 is 0 Å². The lowest BCUT2D eigenvalue weighted by Crippen LogP contribution is -2.33. The van der Waals surface area contributed by atoms with E-state index in [1.54, 1.807) is 13.2 Å². The standard InChI is InChI=1S/C14H19BrFNO/c1-9-7-10(15)12(16)11(13(9)18-2)14(8-17)5-3-4-6-14/h7H,3-6,8,17H2,1-2H3. The van der Waals surface area contributed by atoms with Gasteiger partial charge in [0.2, 0.25) is 0 Å². The van der Waals surface area contributed by atoms with E-state index in [-0.39, 0.29) is 11.2 Å². The van der Waals surface area contributed by atoms with Gasteiger partial charge < -0.3 is 10.5 Å². The van der Waals surface area contributed by atoms with Crippen molar-refractivity contribution in [1.29, 1.82) is 0 Å². The first-order valence-corrected chi connectivity index (χ1v) is 7.08. The van der Waals surface area contributed by atoms with Crippen molar-refractivity contribution >= 4 is 15.9 Å². The Morgan fingerprint density at radius 2 is 2.06 bits per heavy atom. The number of rotatable bonds is 3. The summed E-state index contributed by atoms with van der Waals surface area (Å²) in [7, 11) is 1.60. The SMILES string of the molecule is COc1c(C)cc(Br)c(F)c1C1(CN)CCCC1. The maximum atomic E-state index is 14.5. The van der Waals surface area contributed by atoms with Crippen molar-refractivity contribution in [2.45, 2.75) is 38.0 Å². The lowest BCUT2D eigenvalue weighted by molar-refractivity contribution is 0.360. The molecule has 4 heteroatoms. The van der Waals surface area contributed by atoms with Gasteiger partial charge in [-0.25, -0.2) is 4.39 Å². The fraction of sp³-hybridized carbons (Fsp3) is 0.571. The van der Waals surface area contributed by atoms with E-state index in [4.69, 9.17) is 10.5 Å². The molecule has 0 amide bonds. The van der Waals surface area contributed by atoms with Crippen molar-refractivity contribution in [3.05, 3.63) is 27.5 Å². The first-order chi connectivity index (χ1) is 8.55. The summed E-state index contributed by atoms with van der Waals surface area (Å²) in [5, 5.41) is 0. The van der Waals surface area contributed by atoms with Crippen LogP contribution in [0.4, 0.5) is 4.39 Å². The van der Waals surface area contributed by atoms with Gasteiger partial charge in [-0.2, -0.15) is 0 Å². The molecule has 2 rings (SSSR count). The Morgan fingerprint density at radius 3 is 2.56 bits per heavy atom. The molecular formula is C14H19BrFNO. The number of hydrogen-bond donors (Lipinski definition) is 1. The highest BCUT2D eigenvalue weighted by Crippen LogP contribution is 2.47. The normalized spacial score (nSPS) is 18.1. The van der Waals surface area contributed by atoms with Gasteiger partial charge in [-0.05, 0) is 47.3 Å². The Labute approximate surface area is 116 Å². The molecule has 0 aromatic heterocycles. The highest BCUT2D eigenvalue weighted by atomic mass is 79.9. The number of benzene rings is 1. The zero-order chi connectivity index (χ0) is 13.3. The van der Waals surface area contributed by atoms with E-state index in [0.29, 0.717) is 22.3 Å². The van der Waals surface area contributed by atoms with Crippen LogP contribution in [0.2, 0.25) is 0 Å². The number of nitrogens with two attached hydrogens (primary N) is 1. The number of halogens is 2. The number of aryl methyl sites for hydroxylation is 1. The van der Waals surface area contributed by atoms with Gasteiger partial charge in [-0.1, -0.05) is 12.8 Å². The van der Waals surface area contributed by atoms with Crippen LogP contribution in [0.25, 0.3) is 0 Å². The maximum absolute atomic E-state index is 14.5. The summed E-state index contributed by atoms with van der Waals surface area (Å²) in [6, 6.07) is 1.76. The number of methoxy groups -OCH3 is 1. The number of hydrogen-bond acceptors (Lipinski definition) is 2. The third-order valence-electron chi connectivity index (χ3n) is 4.04. The average Bonchev–Trinajstić information content (AvgIpc) is 2.83. The Balaban J connectivity index is 2.67. The lowest BCUT2D eigenvalue weighted by atomic mass is 9.77. The van der Waals surface area contributed by atoms with Gasteiger partial charge in [0.25, 0.3) is 0 Å². The molecule has 0 radical (unpaired) electrons. The molecule has 1 saturated carbocycles. The molecule has 0 unspecified atom stereocenters. The minimum absolute atomic E-state index is 0.218. The van der Waals surface area contributed by atoms with Crippen LogP contribution in [0.15, 0.2) is 10.5 Å². The molecule has 0 bridgehead atoms. The second-order valence-corrected chi connectivity index (χ2v) is 5.94. The fourth-order valence-corrected chi connectivity index (χ4v) is 3.62. The monoisotopic (exact) mass is 315 g/mol. The van der Waals surface area contributed by atoms with Gasteiger partial charge in [0.1, 0.15) is 11.6 Å². The molecule has 1 fully saturated rings. The summed E-state index contributed by atoms with van der Waals surface area (Å²) in [5.41, 5.74) is 7.30. The largest absolute Gasteiger partial charge is 0.496 e. The molecule has 1 aliphatic rings. The van der Waals surface area contributed by atoms with Crippen LogP contribution in [-0.2, 0) is 5.41 Å². The maximum Gasteiger partial charge on any atom is 0.144 e.